The van der Waals surface area contributed by atoms with Crippen LogP contribution in [0.2, 0.25) is 0 Å². The Balaban J connectivity index is 1.74. The number of guanidine groups is 1. The second-order valence-corrected chi connectivity index (χ2v) is 7.15. The number of hydrogen-bond acceptors (Lipinski definition) is 3. The molecular formula is C18H37N5. The number of piperidine rings is 2. The molecule has 2 fully saturated rings. The summed E-state index contributed by atoms with van der Waals surface area (Å²) in [6.45, 7) is 8.84. The molecule has 2 unspecified atom stereocenters. The first-order chi connectivity index (χ1) is 11.2. The number of fused-ring (bicyclic) bond motifs is 2. The summed E-state index contributed by atoms with van der Waals surface area (Å²) in [6, 6.07) is 2.10. The lowest BCUT2D eigenvalue weighted by Crippen LogP contribution is -2.57. The Hall–Kier alpha value is -0.810. The molecule has 2 saturated heterocycles. The van der Waals surface area contributed by atoms with Crippen LogP contribution in [0.1, 0.15) is 52.4 Å². The smallest absolute Gasteiger partial charge is 0.191 e. The van der Waals surface area contributed by atoms with Crippen LogP contribution in [-0.4, -0.2) is 74.2 Å². The van der Waals surface area contributed by atoms with Crippen molar-refractivity contribution in [2.45, 2.75) is 70.5 Å². The van der Waals surface area contributed by atoms with Crippen molar-refractivity contribution in [3.05, 3.63) is 0 Å². The molecule has 2 N–H and O–H groups in total. The fourth-order valence-corrected chi connectivity index (χ4v) is 4.20. The van der Waals surface area contributed by atoms with E-state index >= 15 is 0 Å². The molecule has 5 heteroatoms. The fourth-order valence-electron chi connectivity index (χ4n) is 4.20. The molecule has 2 heterocycles. The Morgan fingerprint density at radius 3 is 2.43 bits per heavy atom. The fraction of sp³-hybridized carbons (Fsp3) is 0.944. The van der Waals surface area contributed by atoms with Crippen LogP contribution in [0, 0.1) is 0 Å². The normalized spacial score (nSPS) is 28.9. The third kappa shape index (κ3) is 5.35. The van der Waals surface area contributed by atoms with E-state index in [-0.39, 0.29) is 0 Å². The zero-order valence-electron chi connectivity index (χ0n) is 15.6. The summed E-state index contributed by atoms with van der Waals surface area (Å²) in [7, 11) is 4.19. The molecule has 0 aliphatic carbocycles. The minimum absolute atomic E-state index is 0.575. The molecule has 0 aromatic rings. The summed E-state index contributed by atoms with van der Waals surface area (Å²) in [6.07, 6.45) is 7.86. The highest BCUT2D eigenvalue weighted by atomic mass is 15.2. The van der Waals surface area contributed by atoms with E-state index in [1.54, 1.807) is 0 Å². The summed E-state index contributed by atoms with van der Waals surface area (Å²) in [5, 5.41) is 7.17. The van der Waals surface area contributed by atoms with Crippen molar-refractivity contribution in [3.8, 4) is 0 Å². The molecule has 2 bridgehead atoms. The molecule has 2 aliphatic heterocycles. The van der Waals surface area contributed by atoms with Gasteiger partial charge in [0.25, 0.3) is 0 Å². The third-order valence-corrected chi connectivity index (χ3v) is 5.61. The molecule has 0 aromatic carbocycles. The molecular weight excluding hydrogens is 286 g/mol. The molecule has 0 saturated carbocycles. The van der Waals surface area contributed by atoms with Crippen LogP contribution < -0.4 is 10.6 Å². The SMILES string of the molecule is CCCN(CC)CCNC(=NC)NC1CC2CCCC(C1)N2C. The Morgan fingerprint density at radius 2 is 1.87 bits per heavy atom. The van der Waals surface area contributed by atoms with Gasteiger partial charge in [-0.15, -0.1) is 0 Å². The second-order valence-electron chi connectivity index (χ2n) is 7.15. The molecule has 0 radical (unpaired) electrons. The Morgan fingerprint density at radius 1 is 1.17 bits per heavy atom. The van der Waals surface area contributed by atoms with Gasteiger partial charge in [-0.05, 0) is 52.2 Å². The summed E-state index contributed by atoms with van der Waals surface area (Å²) < 4.78 is 0. The van der Waals surface area contributed by atoms with Crippen molar-refractivity contribution in [3.63, 3.8) is 0 Å². The Bertz CT molecular complexity index is 356. The van der Waals surface area contributed by atoms with Crippen molar-refractivity contribution < 1.29 is 0 Å². The van der Waals surface area contributed by atoms with E-state index in [1.165, 1.54) is 45.1 Å². The van der Waals surface area contributed by atoms with E-state index in [0.29, 0.717) is 6.04 Å². The van der Waals surface area contributed by atoms with Crippen LogP contribution in [0.4, 0.5) is 0 Å². The summed E-state index contributed by atoms with van der Waals surface area (Å²) in [4.78, 5) is 9.53. The lowest BCUT2D eigenvalue weighted by atomic mass is 9.82. The van der Waals surface area contributed by atoms with Crippen molar-refractivity contribution in [2.75, 3.05) is 40.3 Å². The molecule has 0 amide bonds. The molecule has 2 rings (SSSR count). The van der Waals surface area contributed by atoms with Crippen molar-refractivity contribution in [1.82, 2.24) is 20.4 Å². The molecule has 0 spiro atoms. The van der Waals surface area contributed by atoms with Gasteiger partial charge in [0.15, 0.2) is 5.96 Å². The largest absolute Gasteiger partial charge is 0.355 e. The number of rotatable bonds is 7. The highest BCUT2D eigenvalue weighted by Crippen LogP contribution is 2.32. The van der Waals surface area contributed by atoms with Crippen LogP contribution in [0.5, 0.6) is 0 Å². The quantitative estimate of drug-likeness (QED) is 0.555. The highest BCUT2D eigenvalue weighted by molar-refractivity contribution is 5.79. The average Bonchev–Trinajstić information content (AvgIpc) is 2.53. The lowest BCUT2D eigenvalue weighted by molar-refractivity contribution is 0.0526. The van der Waals surface area contributed by atoms with Gasteiger partial charge in [-0.2, -0.15) is 0 Å². The van der Waals surface area contributed by atoms with Gasteiger partial charge < -0.3 is 20.4 Å². The second kappa shape index (κ2) is 9.48. The van der Waals surface area contributed by atoms with E-state index in [1.807, 2.05) is 7.05 Å². The molecule has 0 aromatic heterocycles. The van der Waals surface area contributed by atoms with E-state index < -0.39 is 0 Å². The van der Waals surface area contributed by atoms with Crippen LogP contribution in [0.3, 0.4) is 0 Å². The average molecular weight is 324 g/mol. The van der Waals surface area contributed by atoms with Crippen LogP contribution in [0.25, 0.3) is 0 Å². The Labute approximate surface area is 142 Å². The first kappa shape index (κ1) is 18.5. The van der Waals surface area contributed by atoms with Gasteiger partial charge in [0, 0.05) is 38.3 Å². The molecule has 134 valence electrons. The van der Waals surface area contributed by atoms with Gasteiger partial charge in [-0.25, -0.2) is 0 Å². The number of hydrogen-bond donors (Lipinski definition) is 2. The number of aliphatic imine (C=N–C) groups is 1. The van der Waals surface area contributed by atoms with Crippen molar-refractivity contribution in [2.24, 2.45) is 4.99 Å². The van der Waals surface area contributed by atoms with E-state index in [9.17, 15) is 0 Å². The summed E-state index contributed by atoms with van der Waals surface area (Å²) in [5.41, 5.74) is 0. The molecule has 2 atom stereocenters. The Kier molecular flexibility index (Phi) is 7.63. The predicted octanol–water partition coefficient (Wildman–Crippen LogP) is 1.90. The lowest BCUT2D eigenvalue weighted by Gasteiger charge is -2.47. The zero-order chi connectivity index (χ0) is 16.7. The van der Waals surface area contributed by atoms with E-state index in [2.05, 4.69) is 46.3 Å². The monoisotopic (exact) mass is 323 g/mol. The molecule has 2 aliphatic rings. The van der Waals surface area contributed by atoms with Crippen LogP contribution in [-0.2, 0) is 0 Å². The first-order valence-electron chi connectivity index (χ1n) is 9.59. The van der Waals surface area contributed by atoms with Gasteiger partial charge in [0.05, 0.1) is 0 Å². The van der Waals surface area contributed by atoms with Crippen LogP contribution >= 0.6 is 0 Å². The van der Waals surface area contributed by atoms with Crippen molar-refractivity contribution in [1.29, 1.82) is 0 Å². The van der Waals surface area contributed by atoms with Gasteiger partial charge in [0.1, 0.15) is 0 Å². The zero-order valence-corrected chi connectivity index (χ0v) is 15.6. The summed E-state index contributed by atoms with van der Waals surface area (Å²) in [5.74, 6) is 0.977. The minimum atomic E-state index is 0.575. The first-order valence-corrected chi connectivity index (χ1v) is 9.59. The van der Waals surface area contributed by atoms with Gasteiger partial charge in [-0.1, -0.05) is 20.3 Å². The van der Waals surface area contributed by atoms with E-state index in [0.717, 1.165) is 37.7 Å². The maximum atomic E-state index is 4.43. The van der Waals surface area contributed by atoms with E-state index in [4.69, 9.17) is 0 Å². The standard InChI is InChI=1S/C18H37N5/c1-5-11-23(6-2)12-10-20-18(19-3)21-15-13-16-8-7-9-17(14-15)22(16)4/h15-17H,5-14H2,1-4H3,(H2,19,20,21). The molecule has 5 nitrogen and oxygen atoms in total. The predicted molar refractivity (Wildman–Crippen MR) is 99.1 cm³/mol. The molecule has 23 heavy (non-hydrogen) atoms. The minimum Gasteiger partial charge on any atom is -0.355 e. The van der Waals surface area contributed by atoms with Gasteiger partial charge in [0.2, 0.25) is 0 Å². The highest BCUT2D eigenvalue weighted by Gasteiger charge is 2.36. The maximum absolute atomic E-state index is 4.43. The maximum Gasteiger partial charge on any atom is 0.191 e. The number of nitrogens with one attached hydrogen (secondary N) is 2. The van der Waals surface area contributed by atoms with Gasteiger partial charge in [-0.3, -0.25) is 4.99 Å². The van der Waals surface area contributed by atoms with Crippen LogP contribution in [0.15, 0.2) is 4.99 Å². The summed E-state index contributed by atoms with van der Waals surface area (Å²) >= 11 is 0. The topological polar surface area (TPSA) is 42.9 Å². The number of nitrogens with zero attached hydrogens (tertiary/aromatic N) is 3. The van der Waals surface area contributed by atoms with Crippen molar-refractivity contribution >= 4 is 5.96 Å². The number of likely N-dealkylation sites (N-methyl/N-ethyl adjacent to an activating group) is 1. The third-order valence-electron chi connectivity index (χ3n) is 5.61. The van der Waals surface area contributed by atoms with Gasteiger partial charge >= 0.3 is 0 Å².